The zero-order valence-corrected chi connectivity index (χ0v) is 15.0. The first-order valence-electron chi connectivity index (χ1n) is 8.74. The van der Waals surface area contributed by atoms with Crippen LogP contribution in [-0.4, -0.2) is 45.8 Å². The number of aromatic nitrogens is 3. The molecule has 0 unspecified atom stereocenters. The molecular weight excluding hydrogens is 344 g/mol. The first-order valence-corrected chi connectivity index (χ1v) is 8.74. The minimum Gasteiger partial charge on any atom is -0.486 e. The fraction of sp³-hybridized carbons (Fsp3) is 0.250. The summed E-state index contributed by atoms with van der Waals surface area (Å²) in [6.45, 7) is 2.24. The molecule has 1 aliphatic heterocycles. The maximum absolute atomic E-state index is 12.7. The van der Waals surface area contributed by atoms with Crippen molar-refractivity contribution < 1.29 is 14.3 Å². The molecule has 1 amide bonds. The molecule has 2 heterocycles. The number of rotatable bonds is 5. The number of carbonyl (C=O) groups excluding carboxylic acids is 1. The van der Waals surface area contributed by atoms with Crippen LogP contribution in [0.15, 0.2) is 55.1 Å². The lowest BCUT2D eigenvalue weighted by atomic mass is 10.1. The van der Waals surface area contributed by atoms with Crippen LogP contribution >= 0.6 is 0 Å². The van der Waals surface area contributed by atoms with Crippen LogP contribution in [-0.2, 0) is 13.1 Å². The number of ether oxygens (including phenoxy) is 2. The molecule has 0 atom stereocenters. The second-order valence-electron chi connectivity index (χ2n) is 6.43. The van der Waals surface area contributed by atoms with Gasteiger partial charge in [0.15, 0.2) is 11.5 Å². The van der Waals surface area contributed by atoms with Crippen LogP contribution in [0.3, 0.4) is 0 Å². The van der Waals surface area contributed by atoms with Gasteiger partial charge in [-0.15, -0.1) is 0 Å². The summed E-state index contributed by atoms with van der Waals surface area (Å²) >= 11 is 0. The van der Waals surface area contributed by atoms with Crippen molar-refractivity contribution in [3.8, 4) is 11.5 Å². The van der Waals surface area contributed by atoms with Gasteiger partial charge in [-0.05, 0) is 35.4 Å². The largest absolute Gasteiger partial charge is 0.486 e. The molecule has 27 heavy (non-hydrogen) atoms. The molecule has 0 radical (unpaired) electrons. The predicted molar refractivity (Wildman–Crippen MR) is 98.8 cm³/mol. The second-order valence-corrected chi connectivity index (χ2v) is 6.43. The van der Waals surface area contributed by atoms with Gasteiger partial charge < -0.3 is 14.4 Å². The maximum atomic E-state index is 12.7. The van der Waals surface area contributed by atoms with Crippen LogP contribution in [0.25, 0.3) is 0 Å². The molecule has 1 aliphatic rings. The van der Waals surface area contributed by atoms with Gasteiger partial charge in [0.1, 0.15) is 25.9 Å². The summed E-state index contributed by atoms with van der Waals surface area (Å²) in [4.78, 5) is 18.3. The third-order valence-electron chi connectivity index (χ3n) is 4.39. The number of carbonyl (C=O) groups is 1. The Hall–Kier alpha value is -3.35. The zero-order chi connectivity index (χ0) is 18.6. The van der Waals surface area contributed by atoms with E-state index >= 15 is 0 Å². The van der Waals surface area contributed by atoms with Gasteiger partial charge in [-0.3, -0.25) is 4.79 Å². The number of benzene rings is 2. The van der Waals surface area contributed by atoms with Gasteiger partial charge >= 0.3 is 0 Å². The molecule has 138 valence electrons. The molecule has 4 rings (SSSR count). The molecule has 0 saturated carbocycles. The maximum Gasteiger partial charge on any atom is 0.253 e. The Morgan fingerprint density at radius 2 is 1.81 bits per heavy atom. The quantitative estimate of drug-likeness (QED) is 0.695. The van der Waals surface area contributed by atoms with E-state index in [1.165, 1.54) is 6.33 Å². The molecule has 0 fully saturated rings. The molecular formula is C20H20N4O3. The van der Waals surface area contributed by atoms with Gasteiger partial charge in [0.2, 0.25) is 0 Å². The van der Waals surface area contributed by atoms with Crippen molar-refractivity contribution in [2.45, 2.75) is 13.1 Å². The molecule has 2 aromatic carbocycles. The van der Waals surface area contributed by atoms with E-state index in [-0.39, 0.29) is 5.91 Å². The lowest BCUT2D eigenvalue weighted by Gasteiger charge is -2.21. The molecule has 7 nitrogen and oxygen atoms in total. The Kier molecular flexibility index (Phi) is 4.74. The lowest BCUT2D eigenvalue weighted by molar-refractivity contribution is 0.0784. The fourth-order valence-corrected chi connectivity index (χ4v) is 3.01. The minimum atomic E-state index is -0.0304. The van der Waals surface area contributed by atoms with Crippen LogP contribution in [0, 0.1) is 0 Å². The van der Waals surface area contributed by atoms with E-state index in [9.17, 15) is 4.79 Å². The van der Waals surface area contributed by atoms with Crippen molar-refractivity contribution in [2.75, 3.05) is 20.3 Å². The van der Waals surface area contributed by atoms with Crippen LogP contribution in [0.1, 0.15) is 21.5 Å². The Morgan fingerprint density at radius 1 is 1.07 bits per heavy atom. The van der Waals surface area contributed by atoms with Gasteiger partial charge in [-0.1, -0.05) is 18.2 Å². The van der Waals surface area contributed by atoms with Crippen molar-refractivity contribution >= 4 is 5.91 Å². The third kappa shape index (κ3) is 3.92. The highest BCUT2D eigenvalue weighted by molar-refractivity contribution is 5.94. The fourth-order valence-electron chi connectivity index (χ4n) is 3.01. The Bertz CT molecular complexity index is 923. The van der Waals surface area contributed by atoms with Crippen molar-refractivity contribution in [2.24, 2.45) is 0 Å². The third-order valence-corrected chi connectivity index (χ3v) is 4.39. The highest BCUT2D eigenvalue weighted by atomic mass is 16.6. The van der Waals surface area contributed by atoms with E-state index in [2.05, 4.69) is 10.1 Å². The second kappa shape index (κ2) is 7.49. The standard InChI is InChI=1S/C20H20N4O3/c1-23(11-16-4-7-18-19(10-16)27-9-8-26-18)20(25)17-5-2-15(3-6-17)12-24-14-21-13-22-24/h2-7,10,13-14H,8-9,11-12H2,1H3. The summed E-state index contributed by atoms with van der Waals surface area (Å²) in [7, 11) is 1.79. The minimum absolute atomic E-state index is 0.0304. The number of nitrogens with zero attached hydrogens (tertiary/aromatic N) is 4. The van der Waals surface area contributed by atoms with E-state index in [1.807, 2.05) is 42.5 Å². The van der Waals surface area contributed by atoms with E-state index < -0.39 is 0 Å². The Balaban J connectivity index is 1.41. The SMILES string of the molecule is CN(Cc1ccc2c(c1)OCCO2)C(=O)c1ccc(Cn2cncn2)cc1. The molecule has 1 aromatic heterocycles. The summed E-state index contributed by atoms with van der Waals surface area (Å²) < 4.78 is 12.9. The summed E-state index contributed by atoms with van der Waals surface area (Å²) in [5, 5.41) is 4.09. The summed E-state index contributed by atoms with van der Waals surface area (Å²) in [5.74, 6) is 1.45. The van der Waals surface area contributed by atoms with Gasteiger partial charge in [0.25, 0.3) is 5.91 Å². The molecule has 3 aromatic rings. The summed E-state index contributed by atoms with van der Waals surface area (Å²) in [5.41, 5.74) is 2.71. The molecule has 0 spiro atoms. The molecule has 0 bridgehead atoms. The van der Waals surface area contributed by atoms with Crippen LogP contribution in [0.4, 0.5) is 0 Å². The summed E-state index contributed by atoms with van der Waals surface area (Å²) in [6.07, 6.45) is 3.17. The Morgan fingerprint density at radius 3 is 2.56 bits per heavy atom. The van der Waals surface area contributed by atoms with Crippen molar-refractivity contribution in [1.82, 2.24) is 19.7 Å². The molecule has 0 saturated heterocycles. The smallest absolute Gasteiger partial charge is 0.253 e. The normalized spacial score (nSPS) is 12.6. The lowest BCUT2D eigenvalue weighted by Crippen LogP contribution is -2.26. The van der Waals surface area contributed by atoms with Crippen molar-refractivity contribution in [3.63, 3.8) is 0 Å². The Labute approximate surface area is 157 Å². The predicted octanol–water partition coefficient (Wildman–Crippen LogP) is 2.37. The van der Waals surface area contributed by atoms with E-state index in [4.69, 9.17) is 9.47 Å². The number of amides is 1. The molecule has 0 aliphatic carbocycles. The van der Waals surface area contributed by atoms with Gasteiger partial charge in [-0.2, -0.15) is 5.10 Å². The number of hydrogen-bond acceptors (Lipinski definition) is 5. The van der Waals surface area contributed by atoms with E-state index in [0.717, 1.165) is 22.6 Å². The number of fused-ring (bicyclic) bond motifs is 1. The summed E-state index contributed by atoms with van der Waals surface area (Å²) in [6, 6.07) is 13.3. The topological polar surface area (TPSA) is 69.5 Å². The highest BCUT2D eigenvalue weighted by Crippen LogP contribution is 2.31. The number of hydrogen-bond donors (Lipinski definition) is 0. The first kappa shape index (κ1) is 17.1. The van der Waals surface area contributed by atoms with E-state index in [0.29, 0.717) is 31.9 Å². The average molecular weight is 364 g/mol. The van der Waals surface area contributed by atoms with Crippen LogP contribution < -0.4 is 9.47 Å². The highest BCUT2D eigenvalue weighted by Gasteiger charge is 2.15. The van der Waals surface area contributed by atoms with Crippen molar-refractivity contribution in [1.29, 1.82) is 0 Å². The molecule has 0 N–H and O–H groups in total. The van der Waals surface area contributed by atoms with Gasteiger partial charge in [0.05, 0.1) is 6.54 Å². The zero-order valence-electron chi connectivity index (χ0n) is 15.0. The molecule has 7 heteroatoms. The van der Waals surface area contributed by atoms with Gasteiger partial charge in [-0.25, -0.2) is 9.67 Å². The monoisotopic (exact) mass is 364 g/mol. The van der Waals surface area contributed by atoms with Crippen molar-refractivity contribution in [3.05, 3.63) is 71.8 Å². The first-order chi connectivity index (χ1) is 13.2. The van der Waals surface area contributed by atoms with Crippen LogP contribution in [0.5, 0.6) is 11.5 Å². The van der Waals surface area contributed by atoms with Crippen LogP contribution in [0.2, 0.25) is 0 Å². The van der Waals surface area contributed by atoms with E-state index in [1.54, 1.807) is 23.0 Å². The average Bonchev–Trinajstić information content (AvgIpc) is 3.21. The van der Waals surface area contributed by atoms with Gasteiger partial charge in [0, 0.05) is 19.2 Å².